The third-order valence-corrected chi connectivity index (χ3v) is 7.53. The molecule has 3 aromatic carbocycles. The number of oxazole rings is 1. The molecular formula is C25H25N3O4S. The lowest BCUT2D eigenvalue weighted by Gasteiger charge is -2.19. The van der Waals surface area contributed by atoms with E-state index >= 15 is 0 Å². The van der Waals surface area contributed by atoms with Crippen LogP contribution in [0.1, 0.15) is 29.8 Å². The minimum atomic E-state index is -3.66. The van der Waals surface area contributed by atoms with Gasteiger partial charge in [0.25, 0.3) is 5.91 Å². The van der Waals surface area contributed by atoms with Crippen LogP contribution >= 0.6 is 0 Å². The Morgan fingerprint density at radius 3 is 2.36 bits per heavy atom. The van der Waals surface area contributed by atoms with Crippen molar-refractivity contribution in [1.82, 2.24) is 9.29 Å². The minimum absolute atomic E-state index is 0.105. The monoisotopic (exact) mass is 463 g/mol. The fourth-order valence-corrected chi connectivity index (χ4v) is 5.09. The van der Waals surface area contributed by atoms with E-state index in [1.807, 2.05) is 36.4 Å². The van der Waals surface area contributed by atoms with Crippen molar-refractivity contribution >= 4 is 32.7 Å². The number of anilines is 1. The van der Waals surface area contributed by atoms with Crippen LogP contribution in [0.5, 0.6) is 0 Å². The van der Waals surface area contributed by atoms with E-state index in [1.54, 1.807) is 39.0 Å². The van der Waals surface area contributed by atoms with Gasteiger partial charge in [-0.05, 0) is 61.0 Å². The van der Waals surface area contributed by atoms with Gasteiger partial charge in [0, 0.05) is 29.9 Å². The fourth-order valence-electron chi connectivity index (χ4n) is 3.61. The van der Waals surface area contributed by atoms with Gasteiger partial charge in [-0.25, -0.2) is 13.4 Å². The van der Waals surface area contributed by atoms with Crippen LogP contribution in [0.3, 0.4) is 0 Å². The molecule has 4 rings (SSSR count). The van der Waals surface area contributed by atoms with E-state index in [2.05, 4.69) is 10.3 Å². The second kappa shape index (κ2) is 9.17. The Bertz CT molecular complexity index is 1370. The number of rotatable bonds is 7. The molecule has 1 aromatic heterocycles. The Morgan fingerprint density at radius 1 is 1.00 bits per heavy atom. The van der Waals surface area contributed by atoms with Crippen LogP contribution in [0.15, 0.2) is 76.0 Å². The highest BCUT2D eigenvalue weighted by atomic mass is 32.2. The van der Waals surface area contributed by atoms with Gasteiger partial charge in [-0.3, -0.25) is 4.79 Å². The van der Waals surface area contributed by atoms with Gasteiger partial charge in [0.15, 0.2) is 5.58 Å². The summed E-state index contributed by atoms with van der Waals surface area (Å²) in [7, 11) is -3.66. The number of hydrogen-bond acceptors (Lipinski definition) is 5. The smallest absolute Gasteiger partial charge is 0.255 e. The Kier molecular flexibility index (Phi) is 6.31. The highest BCUT2D eigenvalue weighted by Crippen LogP contribution is 2.26. The highest BCUT2D eigenvalue weighted by Gasteiger charge is 2.23. The molecule has 0 aliphatic carbocycles. The van der Waals surface area contributed by atoms with Crippen molar-refractivity contribution in [2.75, 3.05) is 18.4 Å². The van der Waals surface area contributed by atoms with Gasteiger partial charge in [0.2, 0.25) is 15.9 Å². The van der Waals surface area contributed by atoms with Gasteiger partial charge >= 0.3 is 0 Å². The number of fused-ring (bicyclic) bond motifs is 1. The number of carbonyl (C=O) groups excluding carboxylic acids is 1. The van der Waals surface area contributed by atoms with Crippen molar-refractivity contribution in [3.63, 3.8) is 0 Å². The summed E-state index contributed by atoms with van der Waals surface area (Å²) in [5.74, 6) is 0.123. The molecule has 170 valence electrons. The molecule has 8 heteroatoms. The fraction of sp³-hybridized carbons (Fsp3) is 0.200. The van der Waals surface area contributed by atoms with E-state index in [1.165, 1.54) is 16.4 Å². The number of benzene rings is 3. The van der Waals surface area contributed by atoms with Crippen LogP contribution in [-0.4, -0.2) is 36.7 Å². The van der Waals surface area contributed by atoms with Crippen LogP contribution in [0, 0.1) is 6.92 Å². The predicted octanol–water partition coefficient (Wildman–Crippen LogP) is 5.09. The molecule has 1 N–H and O–H groups in total. The number of nitrogens with zero attached hydrogens (tertiary/aromatic N) is 2. The van der Waals surface area contributed by atoms with Gasteiger partial charge in [-0.2, -0.15) is 4.31 Å². The molecule has 0 bridgehead atoms. The number of aromatic nitrogens is 1. The topological polar surface area (TPSA) is 92.5 Å². The largest absolute Gasteiger partial charge is 0.436 e. The van der Waals surface area contributed by atoms with Crippen LogP contribution in [0.2, 0.25) is 0 Å². The first kappa shape index (κ1) is 22.7. The molecular weight excluding hydrogens is 438 g/mol. The SMILES string of the molecule is CCN(CC)S(=O)(=O)c1ccc(C)c(C(=O)Nc2ccc(-c3nc4ccccc4o3)cc2)c1. The molecule has 0 radical (unpaired) electrons. The maximum atomic E-state index is 12.9. The third-order valence-electron chi connectivity index (χ3n) is 5.48. The average Bonchev–Trinajstić information content (AvgIpc) is 3.24. The molecule has 4 aromatic rings. The van der Waals surface area contributed by atoms with Gasteiger partial charge in [-0.1, -0.05) is 32.0 Å². The molecule has 0 saturated carbocycles. The van der Waals surface area contributed by atoms with Gasteiger partial charge in [0.05, 0.1) is 4.90 Å². The van der Waals surface area contributed by atoms with Crippen molar-refractivity contribution in [3.05, 3.63) is 77.9 Å². The molecule has 0 aliphatic heterocycles. The number of nitrogens with one attached hydrogen (secondary N) is 1. The third kappa shape index (κ3) is 4.53. The summed E-state index contributed by atoms with van der Waals surface area (Å²) in [4.78, 5) is 17.5. The van der Waals surface area contributed by atoms with Crippen molar-refractivity contribution in [3.8, 4) is 11.5 Å². The Hall–Kier alpha value is -3.49. The minimum Gasteiger partial charge on any atom is -0.436 e. The normalized spacial score (nSPS) is 11.8. The number of hydrogen-bond donors (Lipinski definition) is 1. The number of para-hydroxylation sites is 2. The number of sulfonamides is 1. The molecule has 0 fully saturated rings. The summed E-state index contributed by atoms with van der Waals surface area (Å²) >= 11 is 0. The second-order valence-corrected chi connectivity index (χ2v) is 9.52. The van der Waals surface area contributed by atoms with Crippen LogP contribution in [0.4, 0.5) is 5.69 Å². The summed E-state index contributed by atoms with van der Waals surface area (Å²) in [5, 5.41) is 2.84. The van der Waals surface area contributed by atoms with E-state index in [4.69, 9.17) is 4.42 Å². The first-order chi connectivity index (χ1) is 15.8. The maximum absolute atomic E-state index is 12.9. The zero-order valence-electron chi connectivity index (χ0n) is 18.7. The van der Waals surface area contributed by atoms with E-state index in [-0.39, 0.29) is 10.8 Å². The quantitative estimate of drug-likeness (QED) is 0.412. The zero-order chi connectivity index (χ0) is 23.6. The zero-order valence-corrected chi connectivity index (χ0v) is 19.5. The van der Waals surface area contributed by atoms with Crippen LogP contribution in [-0.2, 0) is 10.0 Å². The summed E-state index contributed by atoms with van der Waals surface area (Å²) in [6, 6.07) is 19.3. The van der Waals surface area contributed by atoms with Crippen molar-refractivity contribution < 1.29 is 17.6 Å². The predicted molar refractivity (Wildman–Crippen MR) is 129 cm³/mol. The molecule has 0 spiro atoms. The van der Waals surface area contributed by atoms with Crippen molar-refractivity contribution in [1.29, 1.82) is 0 Å². The molecule has 1 heterocycles. The summed E-state index contributed by atoms with van der Waals surface area (Å²) < 4.78 is 32.9. The van der Waals surface area contributed by atoms with Crippen LogP contribution < -0.4 is 5.32 Å². The average molecular weight is 464 g/mol. The standard InChI is InChI=1S/C25H25N3O4S/c1-4-28(5-2)33(30,31)20-15-10-17(3)21(16-20)24(29)26-19-13-11-18(12-14-19)25-27-22-8-6-7-9-23(22)32-25/h6-16H,4-5H2,1-3H3,(H,26,29). The number of carbonyl (C=O) groups is 1. The summed E-state index contributed by atoms with van der Waals surface area (Å²) in [6.07, 6.45) is 0. The molecule has 0 unspecified atom stereocenters. The molecule has 7 nitrogen and oxygen atoms in total. The molecule has 0 atom stereocenters. The van der Waals surface area contributed by atoms with E-state index < -0.39 is 10.0 Å². The van der Waals surface area contributed by atoms with Gasteiger partial charge in [0.1, 0.15) is 5.52 Å². The van der Waals surface area contributed by atoms with Gasteiger partial charge < -0.3 is 9.73 Å². The number of amides is 1. The lowest BCUT2D eigenvalue weighted by Crippen LogP contribution is -2.30. The first-order valence-corrected chi connectivity index (χ1v) is 12.2. The Balaban J connectivity index is 1.56. The molecule has 0 aliphatic rings. The van der Waals surface area contributed by atoms with E-state index in [9.17, 15) is 13.2 Å². The Morgan fingerprint density at radius 2 is 1.70 bits per heavy atom. The highest BCUT2D eigenvalue weighted by molar-refractivity contribution is 7.89. The summed E-state index contributed by atoms with van der Waals surface area (Å²) in [5.41, 5.74) is 3.85. The molecule has 1 amide bonds. The second-order valence-electron chi connectivity index (χ2n) is 7.58. The van der Waals surface area contributed by atoms with Crippen molar-refractivity contribution in [2.24, 2.45) is 0 Å². The van der Waals surface area contributed by atoms with E-state index in [0.29, 0.717) is 41.4 Å². The molecule has 33 heavy (non-hydrogen) atoms. The van der Waals surface area contributed by atoms with Crippen molar-refractivity contribution in [2.45, 2.75) is 25.7 Å². The lowest BCUT2D eigenvalue weighted by molar-refractivity contribution is 0.102. The summed E-state index contributed by atoms with van der Waals surface area (Å²) in [6.45, 7) is 6.07. The van der Waals surface area contributed by atoms with Crippen LogP contribution in [0.25, 0.3) is 22.6 Å². The van der Waals surface area contributed by atoms with E-state index in [0.717, 1.165) is 11.1 Å². The number of aryl methyl sites for hydroxylation is 1. The first-order valence-electron chi connectivity index (χ1n) is 10.7. The lowest BCUT2D eigenvalue weighted by atomic mass is 10.1. The molecule has 0 saturated heterocycles. The Labute approximate surface area is 193 Å². The maximum Gasteiger partial charge on any atom is 0.255 e. The van der Waals surface area contributed by atoms with Gasteiger partial charge in [-0.15, -0.1) is 0 Å².